The zero-order chi connectivity index (χ0) is 15.4. The fourth-order valence-corrected chi connectivity index (χ4v) is 2.30. The van der Waals surface area contributed by atoms with Crippen LogP contribution in [0.25, 0.3) is 0 Å². The SMILES string of the molecule is Cc1cccc(C)c1C(=O)Nc1cccc(CC(=O)O)c1. The van der Waals surface area contributed by atoms with Crippen molar-refractivity contribution in [3.05, 3.63) is 64.7 Å². The van der Waals surface area contributed by atoms with Gasteiger partial charge in [0.1, 0.15) is 0 Å². The van der Waals surface area contributed by atoms with Crippen LogP contribution >= 0.6 is 0 Å². The van der Waals surface area contributed by atoms with E-state index in [4.69, 9.17) is 5.11 Å². The van der Waals surface area contributed by atoms with Gasteiger partial charge >= 0.3 is 5.97 Å². The van der Waals surface area contributed by atoms with Crippen molar-refractivity contribution < 1.29 is 14.7 Å². The van der Waals surface area contributed by atoms with Crippen LogP contribution in [0.2, 0.25) is 0 Å². The number of carbonyl (C=O) groups excluding carboxylic acids is 1. The number of carboxylic acid groups (broad SMARTS) is 1. The van der Waals surface area contributed by atoms with E-state index in [0.717, 1.165) is 11.1 Å². The first-order valence-corrected chi connectivity index (χ1v) is 6.65. The molecule has 0 aliphatic carbocycles. The molecule has 0 heterocycles. The van der Waals surface area contributed by atoms with Gasteiger partial charge < -0.3 is 10.4 Å². The van der Waals surface area contributed by atoms with Crippen LogP contribution in [-0.4, -0.2) is 17.0 Å². The average Bonchev–Trinajstić information content (AvgIpc) is 2.37. The number of aryl methyl sites for hydroxylation is 2. The standard InChI is InChI=1S/C17H17NO3/c1-11-5-3-6-12(2)16(11)17(21)18-14-8-4-7-13(9-14)10-15(19)20/h3-9H,10H2,1-2H3,(H,18,21)(H,19,20). The molecule has 108 valence electrons. The summed E-state index contributed by atoms with van der Waals surface area (Å²) in [6.07, 6.45) is -0.0624. The summed E-state index contributed by atoms with van der Waals surface area (Å²) in [6.45, 7) is 3.78. The number of rotatable bonds is 4. The van der Waals surface area contributed by atoms with Crippen molar-refractivity contribution in [1.82, 2.24) is 0 Å². The first kappa shape index (κ1) is 14.8. The quantitative estimate of drug-likeness (QED) is 0.905. The highest BCUT2D eigenvalue weighted by atomic mass is 16.4. The highest BCUT2D eigenvalue weighted by Crippen LogP contribution is 2.17. The number of anilines is 1. The summed E-state index contributed by atoms with van der Waals surface area (Å²) in [6, 6.07) is 12.6. The molecule has 2 aromatic rings. The van der Waals surface area contributed by atoms with Gasteiger partial charge in [0.15, 0.2) is 0 Å². The Morgan fingerprint density at radius 3 is 2.29 bits per heavy atom. The number of aliphatic carboxylic acids is 1. The van der Waals surface area contributed by atoms with E-state index in [1.807, 2.05) is 32.0 Å². The summed E-state index contributed by atoms with van der Waals surface area (Å²) in [4.78, 5) is 23.1. The molecule has 0 radical (unpaired) electrons. The molecular formula is C17H17NO3. The van der Waals surface area contributed by atoms with Crippen LogP contribution < -0.4 is 5.32 Å². The van der Waals surface area contributed by atoms with Gasteiger partial charge in [0.25, 0.3) is 5.91 Å². The van der Waals surface area contributed by atoms with Gasteiger partial charge in [0.05, 0.1) is 6.42 Å². The number of carboxylic acids is 1. The molecular weight excluding hydrogens is 266 g/mol. The number of amides is 1. The highest BCUT2D eigenvalue weighted by Gasteiger charge is 2.12. The van der Waals surface area contributed by atoms with Crippen LogP contribution in [0.4, 0.5) is 5.69 Å². The predicted molar refractivity (Wildman–Crippen MR) is 81.7 cm³/mol. The second-order valence-electron chi connectivity index (χ2n) is 4.99. The first-order chi connectivity index (χ1) is 9.97. The fourth-order valence-electron chi connectivity index (χ4n) is 2.30. The maximum atomic E-state index is 12.4. The van der Waals surface area contributed by atoms with E-state index in [0.29, 0.717) is 16.8 Å². The molecule has 4 heteroatoms. The lowest BCUT2D eigenvalue weighted by atomic mass is 10.0. The van der Waals surface area contributed by atoms with E-state index in [9.17, 15) is 9.59 Å². The van der Waals surface area contributed by atoms with E-state index >= 15 is 0 Å². The number of nitrogens with one attached hydrogen (secondary N) is 1. The first-order valence-electron chi connectivity index (χ1n) is 6.65. The predicted octanol–water partition coefficient (Wildman–Crippen LogP) is 3.18. The van der Waals surface area contributed by atoms with Crippen LogP contribution in [0.1, 0.15) is 27.0 Å². The van der Waals surface area contributed by atoms with Crippen LogP contribution in [-0.2, 0) is 11.2 Å². The number of carbonyl (C=O) groups is 2. The van der Waals surface area contributed by atoms with Crippen molar-refractivity contribution in [1.29, 1.82) is 0 Å². The molecule has 2 aromatic carbocycles. The van der Waals surface area contributed by atoms with Gasteiger partial charge in [-0.25, -0.2) is 0 Å². The Labute approximate surface area is 123 Å². The Hall–Kier alpha value is -2.62. The second kappa shape index (κ2) is 6.22. The molecule has 4 nitrogen and oxygen atoms in total. The van der Waals surface area contributed by atoms with Gasteiger partial charge in [0, 0.05) is 11.3 Å². The molecule has 2 rings (SSSR count). The third kappa shape index (κ3) is 3.69. The molecule has 0 saturated heterocycles. The number of hydrogen-bond acceptors (Lipinski definition) is 2. The summed E-state index contributed by atoms with van der Waals surface area (Å²) in [5.74, 6) is -1.08. The topological polar surface area (TPSA) is 66.4 Å². The molecule has 0 saturated carbocycles. The Kier molecular flexibility index (Phi) is 4.38. The van der Waals surface area contributed by atoms with Crippen molar-refractivity contribution in [2.24, 2.45) is 0 Å². The summed E-state index contributed by atoms with van der Waals surface area (Å²) < 4.78 is 0. The lowest BCUT2D eigenvalue weighted by Crippen LogP contribution is -2.15. The Morgan fingerprint density at radius 2 is 1.67 bits per heavy atom. The normalized spacial score (nSPS) is 10.2. The molecule has 0 aromatic heterocycles. The molecule has 0 aliphatic rings. The molecule has 2 N–H and O–H groups in total. The van der Waals surface area contributed by atoms with Crippen LogP contribution in [0.3, 0.4) is 0 Å². The van der Waals surface area contributed by atoms with E-state index in [2.05, 4.69) is 5.32 Å². The second-order valence-corrected chi connectivity index (χ2v) is 4.99. The molecule has 0 spiro atoms. The minimum atomic E-state index is -0.895. The summed E-state index contributed by atoms with van der Waals surface area (Å²) >= 11 is 0. The van der Waals surface area contributed by atoms with Gasteiger partial charge in [-0.2, -0.15) is 0 Å². The lowest BCUT2D eigenvalue weighted by Gasteiger charge is -2.11. The van der Waals surface area contributed by atoms with Gasteiger partial charge in [0.2, 0.25) is 0 Å². The number of hydrogen-bond donors (Lipinski definition) is 2. The Morgan fingerprint density at radius 1 is 1.05 bits per heavy atom. The zero-order valence-corrected chi connectivity index (χ0v) is 12.0. The van der Waals surface area contributed by atoms with E-state index < -0.39 is 5.97 Å². The van der Waals surface area contributed by atoms with E-state index in [-0.39, 0.29) is 12.3 Å². The molecule has 0 aliphatic heterocycles. The van der Waals surface area contributed by atoms with Gasteiger partial charge in [-0.3, -0.25) is 9.59 Å². The molecule has 1 amide bonds. The van der Waals surface area contributed by atoms with Gasteiger partial charge in [-0.1, -0.05) is 30.3 Å². The van der Waals surface area contributed by atoms with E-state index in [1.165, 1.54) is 0 Å². The summed E-state index contributed by atoms with van der Waals surface area (Å²) in [7, 11) is 0. The lowest BCUT2D eigenvalue weighted by molar-refractivity contribution is -0.136. The monoisotopic (exact) mass is 283 g/mol. The van der Waals surface area contributed by atoms with Crippen molar-refractivity contribution in [3.63, 3.8) is 0 Å². The third-order valence-corrected chi connectivity index (χ3v) is 3.25. The summed E-state index contributed by atoms with van der Waals surface area (Å²) in [5.41, 5.74) is 3.73. The van der Waals surface area contributed by atoms with Crippen molar-refractivity contribution >= 4 is 17.6 Å². The Balaban J connectivity index is 2.22. The molecule has 0 unspecified atom stereocenters. The maximum absolute atomic E-state index is 12.4. The van der Waals surface area contributed by atoms with Crippen LogP contribution in [0.15, 0.2) is 42.5 Å². The largest absolute Gasteiger partial charge is 0.481 e. The minimum Gasteiger partial charge on any atom is -0.481 e. The van der Waals surface area contributed by atoms with Crippen molar-refractivity contribution in [3.8, 4) is 0 Å². The third-order valence-electron chi connectivity index (χ3n) is 3.25. The smallest absolute Gasteiger partial charge is 0.307 e. The fraction of sp³-hybridized carbons (Fsp3) is 0.176. The Bertz CT molecular complexity index is 672. The zero-order valence-electron chi connectivity index (χ0n) is 12.0. The highest BCUT2D eigenvalue weighted by molar-refractivity contribution is 6.06. The molecule has 0 bridgehead atoms. The molecule has 0 atom stereocenters. The molecule has 21 heavy (non-hydrogen) atoms. The van der Waals surface area contributed by atoms with Gasteiger partial charge in [-0.05, 0) is 42.7 Å². The number of benzene rings is 2. The summed E-state index contributed by atoms with van der Waals surface area (Å²) in [5, 5.41) is 11.6. The van der Waals surface area contributed by atoms with E-state index in [1.54, 1.807) is 24.3 Å². The average molecular weight is 283 g/mol. The molecule has 0 fully saturated rings. The van der Waals surface area contributed by atoms with Crippen molar-refractivity contribution in [2.45, 2.75) is 20.3 Å². The minimum absolute atomic E-state index is 0.0624. The van der Waals surface area contributed by atoms with Crippen molar-refractivity contribution in [2.75, 3.05) is 5.32 Å². The van der Waals surface area contributed by atoms with Crippen LogP contribution in [0.5, 0.6) is 0 Å². The van der Waals surface area contributed by atoms with Crippen LogP contribution in [0, 0.1) is 13.8 Å². The van der Waals surface area contributed by atoms with Gasteiger partial charge in [-0.15, -0.1) is 0 Å². The maximum Gasteiger partial charge on any atom is 0.307 e.